The highest BCUT2D eigenvalue weighted by Gasteiger charge is 2.44. The average Bonchev–Trinajstić information content (AvgIpc) is 3.05. The van der Waals surface area contributed by atoms with Gasteiger partial charge in [0.2, 0.25) is 5.91 Å². The van der Waals surface area contributed by atoms with Crippen molar-refractivity contribution in [1.29, 1.82) is 0 Å². The fourth-order valence-electron chi connectivity index (χ4n) is 7.09. The van der Waals surface area contributed by atoms with Crippen LogP contribution in [0, 0.1) is 26.7 Å². The van der Waals surface area contributed by atoms with Gasteiger partial charge in [-0.3, -0.25) is 14.5 Å². The van der Waals surface area contributed by atoms with Crippen molar-refractivity contribution < 1.29 is 9.59 Å². The maximum Gasteiger partial charge on any atom is 0.260 e. The lowest BCUT2D eigenvalue weighted by Gasteiger charge is -2.46. The minimum absolute atomic E-state index is 0.0404. The van der Waals surface area contributed by atoms with E-state index in [4.69, 9.17) is 0 Å². The predicted molar refractivity (Wildman–Crippen MR) is 186 cm³/mol. The fraction of sp³-hybridized carbons (Fsp3) is 0.421. The molecule has 3 fully saturated rings. The molecule has 6 nitrogen and oxygen atoms in total. The number of amides is 2. The molecule has 3 unspecified atom stereocenters. The Morgan fingerprint density at radius 3 is 2.49 bits per heavy atom. The molecule has 3 aliphatic rings. The number of piperazine rings is 1. The highest BCUT2D eigenvalue weighted by atomic mass is 32.2. The molecule has 6 rings (SSSR count). The van der Waals surface area contributed by atoms with Crippen molar-refractivity contribution >= 4 is 35.3 Å². The third-order valence-electron chi connectivity index (χ3n) is 9.82. The Bertz CT molecular complexity index is 1530. The van der Waals surface area contributed by atoms with Gasteiger partial charge < -0.3 is 15.1 Å². The second-order valence-electron chi connectivity index (χ2n) is 12.9. The monoisotopic (exact) mass is 622 g/mol. The summed E-state index contributed by atoms with van der Waals surface area (Å²) in [6.07, 6.45) is 4.54. The molecule has 236 valence electrons. The van der Waals surface area contributed by atoms with Crippen LogP contribution in [0.15, 0.2) is 77.7 Å². The molecule has 0 aromatic heterocycles. The summed E-state index contributed by atoms with van der Waals surface area (Å²) >= 11 is 1.71. The van der Waals surface area contributed by atoms with E-state index in [0.717, 1.165) is 61.6 Å². The van der Waals surface area contributed by atoms with E-state index in [1.807, 2.05) is 36.4 Å². The summed E-state index contributed by atoms with van der Waals surface area (Å²) in [7, 11) is 0. The van der Waals surface area contributed by atoms with Crippen molar-refractivity contribution in [3.8, 4) is 0 Å². The molecular formula is C38H46N4O2S. The van der Waals surface area contributed by atoms with Crippen LogP contribution in [-0.2, 0) is 16.1 Å². The summed E-state index contributed by atoms with van der Waals surface area (Å²) < 4.78 is 0. The maximum absolute atomic E-state index is 14.0. The minimum atomic E-state index is -0.0690. The summed E-state index contributed by atoms with van der Waals surface area (Å²) in [5.41, 5.74) is 7.42. The first-order valence-electron chi connectivity index (χ1n) is 16.5. The van der Waals surface area contributed by atoms with Crippen molar-refractivity contribution in [2.24, 2.45) is 5.92 Å². The number of aryl methyl sites for hydroxylation is 2. The molecule has 7 heteroatoms. The van der Waals surface area contributed by atoms with Crippen LogP contribution in [0.5, 0.6) is 0 Å². The number of carbonyl (C=O) groups excluding carboxylic acids is 2. The Labute approximate surface area is 272 Å². The van der Waals surface area contributed by atoms with E-state index in [9.17, 15) is 9.59 Å². The van der Waals surface area contributed by atoms with Gasteiger partial charge in [-0.05, 0) is 74.4 Å². The van der Waals surface area contributed by atoms with Gasteiger partial charge in [0.1, 0.15) is 0 Å². The first kappa shape index (κ1) is 31.4. The predicted octanol–water partition coefficient (Wildman–Crippen LogP) is 6.20. The molecule has 2 amide bonds. The summed E-state index contributed by atoms with van der Waals surface area (Å²) in [6, 6.07) is 25.1. The highest BCUT2D eigenvalue weighted by Crippen LogP contribution is 2.44. The van der Waals surface area contributed by atoms with E-state index in [1.165, 1.54) is 22.4 Å². The number of thioether (sulfide) groups is 1. The molecule has 2 heterocycles. The number of hydrogen-bond acceptors (Lipinski definition) is 5. The largest absolute Gasteiger partial charge is 0.369 e. The topological polar surface area (TPSA) is 55.9 Å². The second kappa shape index (κ2) is 14.3. The number of carbonyl (C=O) groups is 2. The van der Waals surface area contributed by atoms with Crippen LogP contribution in [0.3, 0.4) is 0 Å². The lowest BCUT2D eigenvalue weighted by molar-refractivity contribution is -0.133. The third kappa shape index (κ3) is 7.47. The van der Waals surface area contributed by atoms with Crippen LogP contribution in [0.25, 0.3) is 6.08 Å². The zero-order chi connectivity index (χ0) is 31.3. The van der Waals surface area contributed by atoms with Gasteiger partial charge in [0, 0.05) is 68.7 Å². The number of nitrogens with zero attached hydrogens (tertiary/aromatic N) is 3. The Hall–Kier alpha value is -3.55. The van der Waals surface area contributed by atoms with E-state index >= 15 is 0 Å². The lowest BCUT2D eigenvalue weighted by atomic mass is 9.83. The number of benzene rings is 3. The number of fused-ring (bicyclic) bond motifs is 1. The number of anilines is 1. The molecule has 2 aliphatic heterocycles. The van der Waals surface area contributed by atoms with Gasteiger partial charge in [0.25, 0.3) is 5.91 Å². The van der Waals surface area contributed by atoms with Crippen LogP contribution in [0.4, 0.5) is 5.69 Å². The van der Waals surface area contributed by atoms with Gasteiger partial charge in [-0.1, -0.05) is 72.3 Å². The lowest BCUT2D eigenvalue weighted by Crippen LogP contribution is -2.54. The van der Waals surface area contributed by atoms with Crippen molar-refractivity contribution in [2.75, 3.05) is 44.2 Å². The molecular weight excluding hydrogens is 577 g/mol. The van der Waals surface area contributed by atoms with E-state index in [2.05, 4.69) is 83.3 Å². The van der Waals surface area contributed by atoms with Gasteiger partial charge in [-0.2, -0.15) is 0 Å². The van der Waals surface area contributed by atoms with Gasteiger partial charge in [0.15, 0.2) is 0 Å². The van der Waals surface area contributed by atoms with Gasteiger partial charge in [-0.25, -0.2) is 0 Å². The molecule has 0 bridgehead atoms. The van der Waals surface area contributed by atoms with Crippen LogP contribution in [0.2, 0.25) is 0 Å². The number of hydrogen-bond donors (Lipinski definition) is 1. The molecule has 1 aliphatic carbocycles. The van der Waals surface area contributed by atoms with Crippen molar-refractivity contribution in [2.45, 2.75) is 57.9 Å². The highest BCUT2D eigenvalue weighted by molar-refractivity contribution is 8.04. The summed E-state index contributed by atoms with van der Waals surface area (Å²) in [5, 5.41) is 3.56. The Balaban J connectivity index is 1.06. The average molecular weight is 623 g/mol. The molecule has 1 saturated carbocycles. The van der Waals surface area contributed by atoms with Gasteiger partial charge >= 0.3 is 0 Å². The smallest absolute Gasteiger partial charge is 0.260 e. The quantitative estimate of drug-likeness (QED) is 0.303. The molecule has 3 aromatic rings. The number of nitrogens with one attached hydrogen (secondary N) is 1. The number of rotatable bonds is 8. The zero-order valence-electron chi connectivity index (χ0n) is 26.9. The van der Waals surface area contributed by atoms with Crippen molar-refractivity contribution in [3.05, 3.63) is 106 Å². The molecule has 0 radical (unpaired) electrons. The van der Waals surface area contributed by atoms with Crippen molar-refractivity contribution in [3.63, 3.8) is 0 Å². The van der Waals surface area contributed by atoms with Gasteiger partial charge in [0.05, 0.1) is 4.91 Å². The second-order valence-corrected chi connectivity index (χ2v) is 14.2. The molecule has 0 spiro atoms. The van der Waals surface area contributed by atoms with Crippen LogP contribution >= 0.6 is 11.8 Å². The van der Waals surface area contributed by atoms with Gasteiger partial charge in [-0.15, -0.1) is 11.8 Å². The minimum Gasteiger partial charge on any atom is -0.369 e. The first-order chi connectivity index (χ1) is 21.9. The molecule has 3 atom stereocenters. The van der Waals surface area contributed by atoms with E-state index < -0.39 is 0 Å². The van der Waals surface area contributed by atoms with Crippen LogP contribution < -0.4 is 10.2 Å². The van der Waals surface area contributed by atoms with E-state index in [1.54, 1.807) is 11.8 Å². The summed E-state index contributed by atoms with van der Waals surface area (Å²) in [5.74, 6) is 0.147. The third-order valence-corrected chi connectivity index (χ3v) is 11.2. The van der Waals surface area contributed by atoms with E-state index in [-0.39, 0.29) is 23.8 Å². The maximum atomic E-state index is 14.0. The molecule has 45 heavy (non-hydrogen) atoms. The molecule has 1 N–H and O–H groups in total. The first-order valence-corrected chi connectivity index (χ1v) is 17.3. The Kier molecular flexibility index (Phi) is 9.96. The zero-order valence-corrected chi connectivity index (χ0v) is 27.7. The normalized spacial score (nSPS) is 23.2. The fourth-order valence-corrected chi connectivity index (χ4v) is 8.51. The summed E-state index contributed by atoms with van der Waals surface area (Å²) in [4.78, 5) is 35.2. The Morgan fingerprint density at radius 2 is 1.71 bits per heavy atom. The molecule has 3 aromatic carbocycles. The van der Waals surface area contributed by atoms with Crippen molar-refractivity contribution in [1.82, 2.24) is 15.1 Å². The standard InChI is InChI=1S/C38H46N4O2S/c1-27-9-7-13-31(23-27)26-42-34-25-32(15-16-35(34)45-36(38(42)44)24-30-11-5-4-6-12-30)37(43)39-17-18-40-19-21-41(22-20-40)33-14-8-10-28(2)29(33)3/h4-14,23-24,32,34-35H,15-22,25-26H2,1-3H3,(H,39,43)/b36-24-. The Morgan fingerprint density at radius 1 is 0.933 bits per heavy atom. The van der Waals surface area contributed by atoms with Crippen LogP contribution in [0.1, 0.15) is 47.1 Å². The SMILES string of the molecule is Cc1cccc(CN2C(=O)/C(=C/c3ccccc3)SC3CCC(C(=O)NCCN4CCN(c5cccc(C)c5C)CC4)CC32)c1. The molecule has 2 saturated heterocycles. The van der Waals surface area contributed by atoms with E-state index in [0.29, 0.717) is 24.8 Å². The van der Waals surface area contributed by atoms with Crippen LogP contribution in [-0.4, -0.2) is 72.2 Å². The summed E-state index contributed by atoms with van der Waals surface area (Å²) in [6.45, 7) is 12.6.